The molecule has 0 aliphatic carbocycles. The summed E-state index contributed by atoms with van der Waals surface area (Å²) in [6, 6.07) is 11.9. The number of hydrogen-bond donors (Lipinski definition) is 1. The number of aryl methyl sites for hydroxylation is 2. The standard InChI is InChI=1S/C19H19FN2O2/c1-12-3-6-16(7-4-12)22-11-14(10-18(22)23)19(24)21-17-8-5-15(20)9-13(17)2/h3-9,14H,10-11H2,1-2H3,(H,21,24)/t14-/m0/s1. The molecule has 0 aromatic heterocycles. The molecule has 1 aliphatic heterocycles. The van der Waals surface area contributed by atoms with Crippen molar-refractivity contribution in [2.45, 2.75) is 20.3 Å². The first-order valence-corrected chi connectivity index (χ1v) is 7.88. The Labute approximate surface area is 140 Å². The molecule has 0 bridgehead atoms. The Bertz CT molecular complexity index is 786. The topological polar surface area (TPSA) is 49.4 Å². The molecule has 2 aromatic carbocycles. The predicted octanol–water partition coefficient (Wildman–Crippen LogP) is 3.43. The number of carbonyl (C=O) groups is 2. The Kier molecular flexibility index (Phi) is 4.34. The summed E-state index contributed by atoms with van der Waals surface area (Å²) in [7, 11) is 0. The van der Waals surface area contributed by atoms with Crippen LogP contribution in [0, 0.1) is 25.6 Å². The fourth-order valence-electron chi connectivity index (χ4n) is 2.86. The van der Waals surface area contributed by atoms with Crippen LogP contribution in [0.4, 0.5) is 15.8 Å². The zero-order chi connectivity index (χ0) is 17.3. The van der Waals surface area contributed by atoms with Crippen molar-refractivity contribution in [1.82, 2.24) is 0 Å². The summed E-state index contributed by atoms with van der Waals surface area (Å²) in [5, 5.41) is 2.80. The molecule has 3 rings (SSSR count). The van der Waals surface area contributed by atoms with Crippen LogP contribution in [0.2, 0.25) is 0 Å². The molecule has 1 fully saturated rings. The van der Waals surface area contributed by atoms with Gasteiger partial charge in [-0.3, -0.25) is 9.59 Å². The molecule has 1 N–H and O–H groups in total. The summed E-state index contributed by atoms with van der Waals surface area (Å²) in [6.45, 7) is 4.07. The van der Waals surface area contributed by atoms with Gasteiger partial charge < -0.3 is 10.2 Å². The average molecular weight is 326 g/mol. The molecule has 0 radical (unpaired) electrons. The molecule has 4 nitrogen and oxygen atoms in total. The third kappa shape index (κ3) is 3.30. The van der Waals surface area contributed by atoms with E-state index in [4.69, 9.17) is 0 Å². The van der Waals surface area contributed by atoms with Gasteiger partial charge in [-0.05, 0) is 49.7 Å². The lowest BCUT2D eigenvalue weighted by Gasteiger charge is -2.17. The van der Waals surface area contributed by atoms with Crippen LogP contribution in [0.15, 0.2) is 42.5 Å². The molecule has 124 valence electrons. The Morgan fingerprint density at radius 1 is 1.17 bits per heavy atom. The van der Waals surface area contributed by atoms with Crippen molar-refractivity contribution in [3.05, 3.63) is 59.4 Å². The highest BCUT2D eigenvalue weighted by Crippen LogP contribution is 2.27. The second kappa shape index (κ2) is 6.43. The first-order valence-electron chi connectivity index (χ1n) is 7.88. The summed E-state index contributed by atoms with van der Waals surface area (Å²) in [6.07, 6.45) is 0.181. The molecule has 1 heterocycles. The first kappa shape index (κ1) is 16.2. The van der Waals surface area contributed by atoms with Crippen molar-refractivity contribution in [2.75, 3.05) is 16.8 Å². The molecule has 0 unspecified atom stereocenters. The summed E-state index contributed by atoms with van der Waals surface area (Å²) in [5.74, 6) is -1.03. The third-order valence-electron chi connectivity index (χ3n) is 4.29. The van der Waals surface area contributed by atoms with E-state index in [1.807, 2.05) is 31.2 Å². The molecule has 5 heteroatoms. The van der Waals surface area contributed by atoms with E-state index in [0.717, 1.165) is 11.3 Å². The van der Waals surface area contributed by atoms with E-state index < -0.39 is 5.92 Å². The molecule has 0 saturated carbocycles. The highest BCUT2D eigenvalue weighted by atomic mass is 19.1. The van der Waals surface area contributed by atoms with Gasteiger partial charge in [-0.1, -0.05) is 17.7 Å². The van der Waals surface area contributed by atoms with Crippen LogP contribution in [0.5, 0.6) is 0 Å². The minimum Gasteiger partial charge on any atom is -0.326 e. The van der Waals surface area contributed by atoms with Gasteiger partial charge in [-0.15, -0.1) is 0 Å². The van der Waals surface area contributed by atoms with E-state index in [2.05, 4.69) is 5.32 Å². The van der Waals surface area contributed by atoms with Crippen molar-refractivity contribution in [3.63, 3.8) is 0 Å². The van der Waals surface area contributed by atoms with Crippen molar-refractivity contribution in [1.29, 1.82) is 0 Å². The SMILES string of the molecule is Cc1ccc(N2C[C@@H](C(=O)Nc3ccc(F)cc3C)CC2=O)cc1. The number of carbonyl (C=O) groups excluding carboxylic acids is 2. The number of halogens is 1. The van der Waals surface area contributed by atoms with Gasteiger partial charge in [0.05, 0.1) is 5.92 Å². The Balaban J connectivity index is 1.70. The van der Waals surface area contributed by atoms with Gasteiger partial charge in [0.1, 0.15) is 5.82 Å². The zero-order valence-electron chi connectivity index (χ0n) is 13.7. The van der Waals surface area contributed by atoms with E-state index >= 15 is 0 Å². The summed E-state index contributed by atoms with van der Waals surface area (Å²) in [5.41, 5.74) is 3.15. The van der Waals surface area contributed by atoms with Gasteiger partial charge in [0.25, 0.3) is 0 Å². The van der Waals surface area contributed by atoms with Crippen molar-refractivity contribution in [3.8, 4) is 0 Å². The molecule has 1 saturated heterocycles. The van der Waals surface area contributed by atoms with Crippen LogP contribution in [-0.4, -0.2) is 18.4 Å². The van der Waals surface area contributed by atoms with Crippen molar-refractivity contribution in [2.24, 2.45) is 5.92 Å². The second-order valence-electron chi connectivity index (χ2n) is 6.19. The first-order chi connectivity index (χ1) is 11.4. The highest BCUT2D eigenvalue weighted by molar-refractivity contribution is 6.03. The van der Waals surface area contributed by atoms with Gasteiger partial charge in [-0.25, -0.2) is 4.39 Å². The summed E-state index contributed by atoms with van der Waals surface area (Å²) >= 11 is 0. The van der Waals surface area contributed by atoms with Gasteiger partial charge >= 0.3 is 0 Å². The fraction of sp³-hybridized carbons (Fsp3) is 0.263. The van der Waals surface area contributed by atoms with Crippen LogP contribution >= 0.6 is 0 Å². The number of anilines is 2. The predicted molar refractivity (Wildman–Crippen MR) is 91.4 cm³/mol. The van der Waals surface area contributed by atoms with Gasteiger partial charge in [-0.2, -0.15) is 0 Å². The monoisotopic (exact) mass is 326 g/mol. The molecular formula is C19H19FN2O2. The number of nitrogens with zero attached hydrogens (tertiary/aromatic N) is 1. The molecule has 2 aromatic rings. The second-order valence-corrected chi connectivity index (χ2v) is 6.19. The smallest absolute Gasteiger partial charge is 0.229 e. The fourth-order valence-corrected chi connectivity index (χ4v) is 2.86. The van der Waals surface area contributed by atoms with Crippen LogP contribution < -0.4 is 10.2 Å². The van der Waals surface area contributed by atoms with Gasteiger partial charge in [0, 0.05) is 24.3 Å². The van der Waals surface area contributed by atoms with Crippen LogP contribution in [0.1, 0.15) is 17.5 Å². The Morgan fingerprint density at radius 3 is 2.54 bits per heavy atom. The summed E-state index contributed by atoms with van der Waals surface area (Å²) < 4.78 is 13.1. The molecule has 24 heavy (non-hydrogen) atoms. The normalized spacial score (nSPS) is 17.2. The lowest BCUT2D eigenvalue weighted by atomic mass is 10.1. The minimum atomic E-state index is -0.414. The van der Waals surface area contributed by atoms with Crippen LogP contribution in [-0.2, 0) is 9.59 Å². The number of amides is 2. The van der Waals surface area contributed by atoms with Gasteiger partial charge in [0.15, 0.2) is 0 Å². The maximum atomic E-state index is 13.1. The Morgan fingerprint density at radius 2 is 1.88 bits per heavy atom. The highest BCUT2D eigenvalue weighted by Gasteiger charge is 2.35. The minimum absolute atomic E-state index is 0.0603. The quantitative estimate of drug-likeness (QED) is 0.939. The van der Waals surface area contributed by atoms with Crippen LogP contribution in [0.25, 0.3) is 0 Å². The largest absolute Gasteiger partial charge is 0.326 e. The Hall–Kier alpha value is -2.69. The van der Waals surface area contributed by atoms with Crippen molar-refractivity contribution >= 4 is 23.2 Å². The maximum absolute atomic E-state index is 13.1. The van der Waals surface area contributed by atoms with E-state index in [-0.39, 0.29) is 24.1 Å². The van der Waals surface area contributed by atoms with E-state index in [1.165, 1.54) is 18.2 Å². The van der Waals surface area contributed by atoms with Crippen molar-refractivity contribution < 1.29 is 14.0 Å². The van der Waals surface area contributed by atoms with Crippen LogP contribution in [0.3, 0.4) is 0 Å². The number of benzene rings is 2. The number of nitrogens with one attached hydrogen (secondary N) is 1. The molecule has 2 amide bonds. The third-order valence-corrected chi connectivity index (χ3v) is 4.29. The molecule has 1 aliphatic rings. The molecule has 0 spiro atoms. The maximum Gasteiger partial charge on any atom is 0.229 e. The van der Waals surface area contributed by atoms with E-state index in [9.17, 15) is 14.0 Å². The van der Waals surface area contributed by atoms with E-state index in [1.54, 1.807) is 11.8 Å². The number of hydrogen-bond acceptors (Lipinski definition) is 2. The molecule has 1 atom stereocenters. The molecular weight excluding hydrogens is 307 g/mol. The summed E-state index contributed by atoms with van der Waals surface area (Å²) in [4.78, 5) is 26.3. The average Bonchev–Trinajstić information content (AvgIpc) is 2.93. The van der Waals surface area contributed by atoms with E-state index in [0.29, 0.717) is 17.8 Å². The van der Waals surface area contributed by atoms with Gasteiger partial charge in [0.2, 0.25) is 11.8 Å². The lowest BCUT2D eigenvalue weighted by molar-refractivity contribution is -0.122. The lowest BCUT2D eigenvalue weighted by Crippen LogP contribution is -2.28. The zero-order valence-corrected chi connectivity index (χ0v) is 13.7. The number of rotatable bonds is 3.